The summed E-state index contributed by atoms with van der Waals surface area (Å²) in [4.78, 5) is 0. The molecule has 4 nitrogen and oxygen atoms in total. The van der Waals surface area contributed by atoms with Gasteiger partial charge in [0.05, 0.1) is 28.0 Å². The van der Waals surface area contributed by atoms with E-state index in [1.165, 1.54) is 71.4 Å². The first kappa shape index (κ1) is 18.9. The normalized spacial score (nSPS) is 17.5. The highest BCUT2D eigenvalue weighted by molar-refractivity contribution is 6.23. The largest absolute Gasteiger partial charge is 0.426 e. The van der Waals surface area contributed by atoms with E-state index >= 15 is 0 Å². The predicted octanol–water partition coefficient (Wildman–Crippen LogP) is 6.82. The maximum Gasteiger partial charge on any atom is 0.426 e. The molecule has 0 radical (unpaired) electrons. The zero-order chi connectivity index (χ0) is 25.0. The summed E-state index contributed by atoms with van der Waals surface area (Å²) in [6, 6.07) is 39.7. The number of pyridine rings is 3. The maximum atomic E-state index is 6.73. The summed E-state index contributed by atoms with van der Waals surface area (Å²) in [6.45, 7) is 0. The molecule has 0 bridgehead atoms. The van der Waals surface area contributed by atoms with E-state index in [4.69, 9.17) is 4.74 Å². The van der Waals surface area contributed by atoms with Crippen molar-refractivity contribution >= 4 is 49.0 Å². The number of hydrogen-bond acceptors (Lipinski definition) is 1. The smallest absolute Gasteiger partial charge is 0.404 e. The Bertz CT molecular complexity index is 2490. The Morgan fingerprint density at radius 1 is 0.641 bits per heavy atom. The van der Waals surface area contributed by atoms with E-state index in [1.54, 1.807) is 0 Å². The van der Waals surface area contributed by atoms with Gasteiger partial charge in [-0.3, -0.25) is 0 Å². The molecule has 7 heterocycles. The monoisotopic (exact) mass is 497 g/mol. The van der Waals surface area contributed by atoms with E-state index in [-0.39, 0.29) is 0 Å². The fourth-order valence-electron chi connectivity index (χ4n) is 8.12. The van der Waals surface area contributed by atoms with E-state index in [2.05, 4.69) is 129 Å². The Morgan fingerprint density at radius 2 is 1.51 bits per heavy atom. The molecule has 4 aromatic heterocycles. The van der Waals surface area contributed by atoms with Crippen molar-refractivity contribution in [2.24, 2.45) is 0 Å². The van der Waals surface area contributed by atoms with Gasteiger partial charge in [0.15, 0.2) is 17.5 Å². The zero-order valence-electron chi connectivity index (χ0n) is 20.7. The van der Waals surface area contributed by atoms with Gasteiger partial charge in [-0.2, -0.15) is 0 Å². The van der Waals surface area contributed by atoms with Crippen LogP contribution in [0.4, 0.5) is 0 Å². The molecule has 0 aliphatic carbocycles. The molecule has 4 heteroatoms. The van der Waals surface area contributed by atoms with Crippen molar-refractivity contribution in [2.75, 3.05) is 0 Å². The molecule has 0 amide bonds. The van der Waals surface area contributed by atoms with Gasteiger partial charge in [0.1, 0.15) is 11.1 Å². The van der Waals surface area contributed by atoms with Crippen molar-refractivity contribution in [1.82, 2.24) is 4.40 Å². The van der Waals surface area contributed by atoms with E-state index in [0.29, 0.717) is 0 Å². The molecule has 0 saturated heterocycles. The first-order valence-corrected chi connectivity index (χ1v) is 13.5. The lowest BCUT2D eigenvalue weighted by molar-refractivity contribution is -0.952. The van der Waals surface area contributed by atoms with Gasteiger partial charge < -0.3 is 9.14 Å². The van der Waals surface area contributed by atoms with Gasteiger partial charge in [0.2, 0.25) is 11.2 Å². The molecule has 178 valence electrons. The molecule has 1 unspecified atom stereocenters. The Balaban J connectivity index is 1.54. The average Bonchev–Trinajstić information content (AvgIpc) is 3.61. The minimum atomic E-state index is -0.570. The summed E-state index contributed by atoms with van der Waals surface area (Å²) < 4.78 is 14.2. The number of hydrogen-bond donors (Lipinski definition) is 0. The minimum Gasteiger partial charge on any atom is -0.404 e. The maximum absolute atomic E-state index is 6.73. The third kappa shape index (κ3) is 1.79. The zero-order valence-corrected chi connectivity index (χ0v) is 20.7. The second-order valence-corrected chi connectivity index (χ2v) is 10.9. The molecular formula is C35H19N3O+2. The van der Waals surface area contributed by atoms with Gasteiger partial charge in [-0.15, -0.1) is 4.57 Å². The Morgan fingerprint density at radius 3 is 2.49 bits per heavy atom. The summed E-state index contributed by atoms with van der Waals surface area (Å²) in [6.07, 6.45) is 2.25. The van der Waals surface area contributed by atoms with Crippen molar-refractivity contribution in [3.63, 3.8) is 0 Å². The van der Waals surface area contributed by atoms with Crippen LogP contribution in [0.25, 0.3) is 60.3 Å². The quantitative estimate of drug-likeness (QED) is 0.166. The number of benzene rings is 4. The number of nitrogens with zero attached hydrogens (tertiary/aromatic N) is 3. The molecule has 1 atom stereocenters. The highest BCUT2D eigenvalue weighted by atomic mass is 16.5. The fraction of sp³-hybridized carbons (Fsp3) is 0.0286. The van der Waals surface area contributed by atoms with E-state index in [1.807, 2.05) is 0 Å². The van der Waals surface area contributed by atoms with Crippen molar-refractivity contribution in [1.29, 1.82) is 0 Å². The standard InChI is InChI=1S/C35H19N3O/c1-2-9-21-20(8-1)15-17-27-30(21)24-16-18-29-38-33(24)34-32(23-10-3-4-13-26(23)37(27)34)35(38)31-22(11-7-14-28(31)39-29)25-12-5-6-19-36(25)35/h1-19H/q+2. The van der Waals surface area contributed by atoms with Crippen LogP contribution in [0, 0.1) is 0 Å². The lowest BCUT2D eigenvalue weighted by Crippen LogP contribution is -2.72. The Kier molecular flexibility index (Phi) is 2.87. The van der Waals surface area contributed by atoms with Crippen LogP contribution >= 0.6 is 0 Å². The van der Waals surface area contributed by atoms with Crippen LogP contribution in [0.1, 0.15) is 11.1 Å². The number of rotatable bonds is 0. The van der Waals surface area contributed by atoms with Gasteiger partial charge in [-0.25, -0.2) is 0 Å². The number of ether oxygens (including phenoxy) is 1. The second kappa shape index (κ2) is 5.92. The van der Waals surface area contributed by atoms with Crippen molar-refractivity contribution in [3.8, 4) is 22.9 Å². The predicted molar refractivity (Wildman–Crippen MR) is 151 cm³/mol. The van der Waals surface area contributed by atoms with Gasteiger partial charge >= 0.3 is 11.5 Å². The molecule has 1 spiro atoms. The van der Waals surface area contributed by atoms with Crippen LogP contribution in [-0.2, 0) is 5.66 Å². The first-order valence-electron chi connectivity index (χ1n) is 13.5. The second-order valence-electron chi connectivity index (χ2n) is 10.9. The fourth-order valence-corrected chi connectivity index (χ4v) is 8.12. The highest BCUT2D eigenvalue weighted by Gasteiger charge is 2.71. The lowest BCUT2D eigenvalue weighted by Gasteiger charge is -2.24. The Labute approximate surface area is 222 Å². The Hall–Kier alpha value is -5.22. The summed E-state index contributed by atoms with van der Waals surface area (Å²) in [5.74, 6) is 1.81. The lowest BCUT2D eigenvalue weighted by atomic mass is 9.89. The first-order chi connectivity index (χ1) is 19.4. The molecule has 11 rings (SSSR count). The number of aromatic nitrogens is 3. The van der Waals surface area contributed by atoms with Gasteiger partial charge in [0, 0.05) is 22.9 Å². The summed E-state index contributed by atoms with van der Waals surface area (Å²) in [5, 5.41) is 6.35. The molecular weight excluding hydrogens is 478 g/mol. The topological polar surface area (TPSA) is 21.4 Å². The molecule has 8 aromatic rings. The molecule has 0 N–H and O–H groups in total. The highest BCUT2D eigenvalue weighted by Crippen LogP contribution is 2.56. The summed E-state index contributed by atoms with van der Waals surface area (Å²) in [5.41, 5.74) is 9.40. The van der Waals surface area contributed by atoms with Crippen molar-refractivity contribution < 1.29 is 13.9 Å². The van der Waals surface area contributed by atoms with E-state index in [0.717, 1.165) is 11.6 Å². The summed E-state index contributed by atoms with van der Waals surface area (Å²) in [7, 11) is 0. The molecule has 3 aliphatic rings. The number of para-hydroxylation sites is 1. The van der Waals surface area contributed by atoms with Crippen LogP contribution in [0.3, 0.4) is 0 Å². The summed E-state index contributed by atoms with van der Waals surface area (Å²) >= 11 is 0. The van der Waals surface area contributed by atoms with E-state index in [9.17, 15) is 0 Å². The van der Waals surface area contributed by atoms with Gasteiger partial charge in [-0.1, -0.05) is 59.2 Å². The molecule has 39 heavy (non-hydrogen) atoms. The van der Waals surface area contributed by atoms with Crippen LogP contribution in [0.15, 0.2) is 115 Å². The molecule has 3 aliphatic heterocycles. The van der Waals surface area contributed by atoms with Gasteiger partial charge in [0.25, 0.3) is 0 Å². The van der Waals surface area contributed by atoms with Crippen LogP contribution < -0.4 is 13.9 Å². The molecule has 0 saturated carbocycles. The van der Waals surface area contributed by atoms with Crippen molar-refractivity contribution in [2.45, 2.75) is 5.66 Å². The van der Waals surface area contributed by atoms with E-state index < -0.39 is 5.66 Å². The van der Waals surface area contributed by atoms with Gasteiger partial charge in [-0.05, 0) is 47.2 Å². The third-order valence-corrected chi connectivity index (χ3v) is 9.35. The number of fused-ring (bicyclic) bond motifs is 10. The minimum absolute atomic E-state index is 0.570. The van der Waals surface area contributed by atoms with Crippen LogP contribution in [0.5, 0.6) is 11.6 Å². The van der Waals surface area contributed by atoms with Crippen LogP contribution in [0.2, 0.25) is 0 Å². The van der Waals surface area contributed by atoms with Crippen LogP contribution in [-0.4, -0.2) is 4.40 Å². The average molecular weight is 498 g/mol. The van der Waals surface area contributed by atoms with Crippen molar-refractivity contribution in [3.05, 3.63) is 127 Å². The molecule has 0 fully saturated rings. The third-order valence-electron chi connectivity index (χ3n) is 9.35. The molecule has 4 aromatic carbocycles. The SMILES string of the molecule is c1cc2c3c(c1)-c1cccc[n+]1C31c3c4ccccc4n4c5ccc6ccccc6c5c5ccc([n+]1c5c34)O2.